The van der Waals surface area contributed by atoms with E-state index in [9.17, 15) is 9.90 Å². The van der Waals surface area contributed by atoms with Crippen LogP contribution in [0, 0.1) is 0 Å². The maximum atomic E-state index is 15.3. The van der Waals surface area contributed by atoms with Crippen LogP contribution >= 0.6 is 7.14 Å². The molecule has 4 aromatic rings. The molecule has 0 heterocycles. The molecule has 0 aromatic heterocycles. The number of methoxy groups -OCH3 is 2. The Hall–Kier alpha value is -3.74. The van der Waals surface area contributed by atoms with Gasteiger partial charge in [-0.1, -0.05) is 121 Å². The summed E-state index contributed by atoms with van der Waals surface area (Å²) >= 11 is 0. The molecule has 0 aliphatic carbocycles. The van der Waals surface area contributed by atoms with E-state index in [0.29, 0.717) is 10.6 Å². The van der Waals surface area contributed by atoms with E-state index in [1.165, 1.54) is 14.2 Å². The van der Waals surface area contributed by atoms with Crippen LogP contribution in [0.2, 0.25) is 0 Å². The summed E-state index contributed by atoms with van der Waals surface area (Å²) in [6, 6.07) is 35.3. The van der Waals surface area contributed by atoms with Crippen molar-refractivity contribution in [3.05, 3.63) is 132 Å². The molecule has 4 rings (SSSR count). The zero-order valence-corrected chi connectivity index (χ0v) is 23.4. The molecule has 1 unspecified atom stereocenters. The summed E-state index contributed by atoms with van der Waals surface area (Å²) in [6.45, 7) is 0.0487. The van der Waals surface area contributed by atoms with Gasteiger partial charge in [0.25, 0.3) is 5.53 Å². The number of rotatable bonds is 12. The van der Waals surface area contributed by atoms with Crippen molar-refractivity contribution in [1.82, 2.24) is 5.32 Å². The van der Waals surface area contributed by atoms with Crippen molar-refractivity contribution in [3.63, 3.8) is 0 Å². The van der Waals surface area contributed by atoms with Crippen LogP contribution in [0.25, 0.3) is 0 Å². The number of nitrogens with one attached hydrogen (secondary N) is 1. The van der Waals surface area contributed by atoms with Crippen molar-refractivity contribution in [3.8, 4) is 0 Å². The number of aliphatic hydroxyl groups excluding tert-OH is 1. The Morgan fingerprint density at radius 1 is 0.750 bits per heavy atom. The zero-order chi connectivity index (χ0) is 28.4. The second-order valence-corrected chi connectivity index (χ2v) is 12.1. The first-order valence-electron chi connectivity index (χ1n) is 13.0. The predicted octanol–water partition coefficient (Wildman–Crippen LogP) is 4.85. The quantitative estimate of drug-likeness (QED) is 0.191. The molecule has 2 N–H and O–H groups in total. The van der Waals surface area contributed by atoms with Crippen LogP contribution in [0.15, 0.2) is 121 Å². The summed E-state index contributed by atoms with van der Waals surface area (Å²) in [5, 5.41) is 15.8. The van der Waals surface area contributed by atoms with E-state index in [4.69, 9.17) is 14.2 Å². The summed E-state index contributed by atoms with van der Waals surface area (Å²) in [4.78, 5) is 13.0. The van der Waals surface area contributed by atoms with Gasteiger partial charge in [-0.25, -0.2) is 4.79 Å². The highest BCUT2D eigenvalue weighted by molar-refractivity contribution is 7.79. The Balaban J connectivity index is 1.75. The molecule has 0 saturated carbocycles. The molecule has 0 aliphatic rings. The van der Waals surface area contributed by atoms with E-state index in [0.717, 1.165) is 11.1 Å². The van der Waals surface area contributed by atoms with Gasteiger partial charge in [0.1, 0.15) is 12.7 Å². The fourth-order valence-corrected chi connectivity index (χ4v) is 8.10. The van der Waals surface area contributed by atoms with E-state index in [1.54, 1.807) is 48.5 Å². The van der Waals surface area contributed by atoms with E-state index in [1.807, 2.05) is 72.8 Å². The van der Waals surface area contributed by atoms with E-state index in [2.05, 4.69) is 5.32 Å². The second kappa shape index (κ2) is 13.6. The minimum atomic E-state index is -3.87. The molecular weight excluding hydrogens is 525 g/mol. The molecule has 1 amide bonds. The number of hydrogen-bond donors (Lipinski definition) is 2. The molecule has 7 nitrogen and oxygen atoms in total. The van der Waals surface area contributed by atoms with Gasteiger partial charge in [-0.05, 0) is 17.5 Å². The summed E-state index contributed by atoms with van der Waals surface area (Å²) in [6.07, 6.45) is -2.13. The Morgan fingerprint density at radius 3 is 1.62 bits per heavy atom. The van der Waals surface area contributed by atoms with Crippen molar-refractivity contribution in [1.29, 1.82) is 0 Å². The van der Waals surface area contributed by atoms with Gasteiger partial charge in [0.2, 0.25) is 7.14 Å². The molecule has 0 aliphatic heterocycles. The van der Waals surface area contributed by atoms with Crippen LogP contribution in [-0.2, 0) is 31.8 Å². The lowest BCUT2D eigenvalue weighted by atomic mass is 10.0. The van der Waals surface area contributed by atoms with E-state index < -0.39 is 30.9 Å². The smallest absolute Gasteiger partial charge is 0.407 e. The highest BCUT2D eigenvalue weighted by atomic mass is 31.2. The van der Waals surface area contributed by atoms with Gasteiger partial charge >= 0.3 is 6.09 Å². The van der Waals surface area contributed by atoms with Gasteiger partial charge in [-0.3, -0.25) is 0 Å². The second-order valence-electron chi connectivity index (χ2n) is 9.27. The maximum Gasteiger partial charge on any atom is 0.407 e. The van der Waals surface area contributed by atoms with Crippen LogP contribution in [0.1, 0.15) is 11.1 Å². The normalized spacial score (nSPS) is 13.3. The molecule has 8 heteroatoms. The molecule has 4 aromatic carbocycles. The number of ether oxygens (including phenoxy) is 3. The molecular formula is C32H34NO6P. The summed E-state index contributed by atoms with van der Waals surface area (Å²) in [5.41, 5.74) is -0.397. The largest absolute Gasteiger partial charge is 0.445 e. The van der Waals surface area contributed by atoms with Crippen molar-refractivity contribution >= 4 is 23.8 Å². The number of alkyl carbamates (subject to hydrolysis) is 1. The van der Waals surface area contributed by atoms with E-state index >= 15 is 4.57 Å². The maximum absolute atomic E-state index is 15.3. The summed E-state index contributed by atoms with van der Waals surface area (Å²) in [7, 11) is -1.18. The Labute approximate surface area is 235 Å². The predicted molar refractivity (Wildman–Crippen MR) is 156 cm³/mol. The van der Waals surface area contributed by atoms with Crippen molar-refractivity contribution in [2.45, 2.75) is 30.7 Å². The van der Waals surface area contributed by atoms with Crippen LogP contribution < -0.4 is 15.9 Å². The molecule has 0 saturated heterocycles. The lowest BCUT2D eigenvalue weighted by Gasteiger charge is -2.44. The van der Waals surface area contributed by atoms with Gasteiger partial charge < -0.3 is 29.2 Å². The summed E-state index contributed by atoms with van der Waals surface area (Å²) in [5.74, 6) is 0. The van der Waals surface area contributed by atoms with Gasteiger partial charge in [-0.15, -0.1) is 0 Å². The van der Waals surface area contributed by atoms with Crippen molar-refractivity contribution in [2.75, 3.05) is 14.2 Å². The lowest BCUT2D eigenvalue weighted by Crippen LogP contribution is -2.60. The van der Waals surface area contributed by atoms with Crippen molar-refractivity contribution in [2.24, 2.45) is 0 Å². The number of carbonyl (C=O) groups excluding carboxylic acids is 1. The average Bonchev–Trinajstić information content (AvgIpc) is 3.02. The number of aliphatic hydroxyl groups is 1. The molecule has 0 bridgehead atoms. The zero-order valence-electron chi connectivity index (χ0n) is 22.6. The molecule has 0 spiro atoms. The number of amides is 1. The van der Waals surface area contributed by atoms with Crippen LogP contribution in [0.3, 0.4) is 0 Å². The third kappa shape index (κ3) is 6.19. The van der Waals surface area contributed by atoms with Gasteiger partial charge in [0.05, 0.1) is 6.04 Å². The van der Waals surface area contributed by atoms with Crippen molar-refractivity contribution < 1.29 is 28.7 Å². The fraction of sp³-hybridized carbons (Fsp3) is 0.219. The molecule has 2 atom stereocenters. The first-order chi connectivity index (χ1) is 19.4. The topological polar surface area (TPSA) is 94.1 Å². The third-order valence-corrected chi connectivity index (χ3v) is 10.4. The number of carbonyl (C=O) groups is 1. The molecule has 208 valence electrons. The minimum Gasteiger partial charge on any atom is -0.445 e. The van der Waals surface area contributed by atoms with E-state index in [-0.39, 0.29) is 13.0 Å². The monoisotopic (exact) mass is 559 g/mol. The summed E-state index contributed by atoms with van der Waals surface area (Å²) < 4.78 is 32.7. The molecule has 0 fully saturated rings. The average molecular weight is 560 g/mol. The minimum absolute atomic E-state index is 0.0487. The highest BCUT2D eigenvalue weighted by Crippen LogP contribution is 2.59. The first kappa shape index (κ1) is 29.2. The number of benzene rings is 4. The van der Waals surface area contributed by atoms with Gasteiger partial charge in [0.15, 0.2) is 0 Å². The van der Waals surface area contributed by atoms with Gasteiger partial charge in [0, 0.05) is 24.8 Å². The standard InChI is InChI=1S/C32H34NO6P/c1-37-32(38-2,40(36,27-19-11-5-12-20-27)28-21-13-6-14-22-28)30(34)29(23-25-15-7-3-8-16-25)33-31(35)39-24-26-17-9-4-10-18-26/h3-22,29-30,34H,23-24H2,1-2H3,(H,33,35)/t29-,30?/m0/s1. The molecule has 0 radical (unpaired) electrons. The van der Waals surface area contributed by atoms with Crippen LogP contribution in [0.5, 0.6) is 0 Å². The van der Waals surface area contributed by atoms with Crippen LogP contribution in [-0.4, -0.2) is 43.1 Å². The first-order valence-corrected chi connectivity index (χ1v) is 14.7. The Bertz CT molecular complexity index is 1340. The third-order valence-electron chi connectivity index (χ3n) is 6.83. The number of hydrogen-bond acceptors (Lipinski definition) is 6. The Morgan fingerprint density at radius 2 is 1.18 bits per heavy atom. The van der Waals surface area contributed by atoms with Gasteiger partial charge in [-0.2, -0.15) is 0 Å². The highest BCUT2D eigenvalue weighted by Gasteiger charge is 2.59. The fourth-order valence-electron chi connectivity index (χ4n) is 4.83. The Kier molecular flexibility index (Phi) is 9.91. The van der Waals surface area contributed by atoms with Crippen LogP contribution in [0.4, 0.5) is 4.79 Å². The SMILES string of the molecule is COC(OC)(C(O)[C@H](Cc1ccccc1)NC(=O)OCc1ccccc1)P(=O)(c1ccccc1)c1ccccc1. The lowest BCUT2D eigenvalue weighted by molar-refractivity contribution is -0.206. The molecule has 40 heavy (non-hydrogen) atoms.